The number of piperazine rings is 1. The Morgan fingerprint density at radius 3 is 2.68 bits per heavy atom. The van der Waals surface area contributed by atoms with Crippen molar-refractivity contribution in [3.8, 4) is 0 Å². The molecule has 2 fully saturated rings. The summed E-state index contributed by atoms with van der Waals surface area (Å²) in [6.45, 7) is 7.00. The van der Waals surface area contributed by atoms with Crippen LogP contribution < -0.4 is 4.90 Å². The predicted octanol–water partition coefficient (Wildman–Crippen LogP) is 1.82. The van der Waals surface area contributed by atoms with Crippen LogP contribution in [-0.4, -0.2) is 48.4 Å². The predicted molar refractivity (Wildman–Crippen MR) is 75.6 cm³/mol. The molecule has 3 rings (SSSR count). The van der Waals surface area contributed by atoms with Gasteiger partial charge in [0.1, 0.15) is 5.82 Å². The molecular weight excluding hydrogens is 238 g/mol. The molecule has 2 aliphatic rings. The lowest BCUT2D eigenvalue weighted by molar-refractivity contribution is 0.101. The van der Waals surface area contributed by atoms with Crippen LogP contribution in [0.3, 0.4) is 0 Å². The van der Waals surface area contributed by atoms with Gasteiger partial charge in [-0.3, -0.25) is 9.69 Å². The molecule has 1 saturated carbocycles. The molecule has 0 radical (unpaired) electrons. The van der Waals surface area contributed by atoms with Crippen LogP contribution in [0.2, 0.25) is 0 Å². The molecule has 0 N–H and O–H groups in total. The Morgan fingerprint density at radius 1 is 1.32 bits per heavy atom. The number of Topliss-reactive ketones (excluding diaryl/α,β-unsaturated/α-hetero) is 1. The summed E-state index contributed by atoms with van der Waals surface area (Å²) in [7, 11) is 0. The Balaban J connectivity index is 1.65. The molecule has 1 aromatic rings. The molecule has 102 valence electrons. The maximum Gasteiger partial charge on any atom is 0.163 e. The first-order valence-corrected chi connectivity index (χ1v) is 7.17. The Kier molecular flexibility index (Phi) is 3.51. The van der Waals surface area contributed by atoms with Crippen molar-refractivity contribution >= 4 is 11.6 Å². The van der Waals surface area contributed by atoms with Crippen LogP contribution >= 0.6 is 0 Å². The molecule has 0 unspecified atom stereocenters. The number of hydrogen-bond acceptors (Lipinski definition) is 4. The van der Waals surface area contributed by atoms with E-state index in [1.54, 1.807) is 13.1 Å². The van der Waals surface area contributed by atoms with Gasteiger partial charge in [0, 0.05) is 38.9 Å². The lowest BCUT2D eigenvalue weighted by atomic mass is 10.1. The molecule has 0 amide bonds. The first-order valence-electron chi connectivity index (χ1n) is 7.17. The van der Waals surface area contributed by atoms with Crippen LogP contribution in [0.1, 0.15) is 30.1 Å². The van der Waals surface area contributed by atoms with E-state index in [1.165, 1.54) is 19.4 Å². The number of ketones is 1. The topological polar surface area (TPSA) is 36.4 Å². The van der Waals surface area contributed by atoms with E-state index in [-0.39, 0.29) is 5.78 Å². The SMILES string of the molecule is CC(=O)c1cccnc1N1CCN(CC2CC2)CC1. The average molecular weight is 259 g/mol. The third-order valence-corrected chi connectivity index (χ3v) is 4.05. The third-order valence-electron chi connectivity index (χ3n) is 4.05. The quantitative estimate of drug-likeness (QED) is 0.773. The molecule has 1 aliphatic carbocycles. The van der Waals surface area contributed by atoms with Gasteiger partial charge in [-0.25, -0.2) is 4.98 Å². The highest BCUT2D eigenvalue weighted by Gasteiger charge is 2.27. The van der Waals surface area contributed by atoms with Crippen LogP contribution in [0, 0.1) is 5.92 Å². The van der Waals surface area contributed by atoms with E-state index >= 15 is 0 Å². The fourth-order valence-electron chi connectivity index (χ4n) is 2.73. The van der Waals surface area contributed by atoms with Gasteiger partial charge in [-0.05, 0) is 37.8 Å². The summed E-state index contributed by atoms with van der Waals surface area (Å²) in [4.78, 5) is 20.9. The van der Waals surface area contributed by atoms with E-state index in [0.29, 0.717) is 0 Å². The van der Waals surface area contributed by atoms with Gasteiger partial charge in [0.15, 0.2) is 5.78 Å². The highest BCUT2D eigenvalue weighted by Crippen LogP contribution is 2.30. The monoisotopic (exact) mass is 259 g/mol. The molecule has 0 aromatic carbocycles. The second-order valence-electron chi connectivity index (χ2n) is 5.66. The molecule has 1 aliphatic heterocycles. The zero-order valence-corrected chi connectivity index (χ0v) is 11.5. The Morgan fingerprint density at radius 2 is 2.05 bits per heavy atom. The summed E-state index contributed by atoms with van der Waals surface area (Å²) in [6, 6.07) is 3.71. The second-order valence-corrected chi connectivity index (χ2v) is 5.66. The molecule has 1 aromatic heterocycles. The van der Waals surface area contributed by atoms with Crippen molar-refractivity contribution in [1.29, 1.82) is 0 Å². The van der Waals surface area contributed by atoms with Gasteiger partial charge in [-0.2, -0.15) is 0 Å². The van der Waals surface area contributed by atoms with Gasteiger partial charge in [0.2, 0.25) is 0 Å². The van der Waals surface area contributed by atoms with Gasteiger partial charge >= 0.3 is 0 Å². The number of nitrogens with zero attached hydrogens (tertiary/aromatic N) is 3. The molecule has 0 spiro atoms. The van der Waals surface area contributed by atoms with E-state index in [1.807, 2.05) is 12.1 Å². The fourth-order valence-corrected chi connectivity index (χ4v) is 2.73. The zero-order valence-electron chi connectivity index (χ0n) is 11.5. The number of hydrogen-bond donors (Lipinski definition) is 0. The van der Waals surface area contributed by atoms with Crippen LogP contribution in [0.15, 0.2) is 18.3 Å². The lowest BCUT2D eigenvalue weighted by Crippen LogP contribution is -2.47. The maximum atomic E-state index is 11.6. The summed E-state index contributed by atoms with van der Waals surface area (Å²) in [5, 5.41) is 0. The minimum absolute atomic E-state index is 0.100. The lowest BCUT2D eigenvalue weighted by Gasteiger charge is -2.36. The van der Waals surface area contributed by atoms with E-state index in [4.69, 9.17) is 0 Å². The molecule has 19 heavy (non-hydrogen) atoms. The normalized spacial score (nSPS) is 20.6. The smallest absolute Gasteiger partial charge is 0.163 e. The summed E-state index contributed by atoms with van der Waals surface area (Å²) in [5.41, 5.74) is 0.748. The number of rotatable bonds is 4. The largest absolute Gasteiger partial charge is 0.353 e. The van der Waals surface area contributed by atoms with Gasteiger partial charge in [-0.15, -0.1) is 0 Å². The molecule has 2 heterocycles. The minimum Gasteiger partial charge on any atom is -0.353 e. The number of anilines is 1. The van der Waals surface area contributed by atoms with Crippen molar-refractivity contribution in [3.63, 3.8) is 0 Å². The van der Waals surface area contributed by atoms with Gasteiger partial charge in [-0.1, -0.05) is 0 Å². The molecule has 4 nitrogen and oxygen atoms in total. The van der Waals surface area contributed by atoms with Crippen molar-refractivity contribution in [2.75, 3.05) is 37.6 Å². The number of aromatic nitrogens is 1. The Bertz CT molecular complexity index is 462. The van der Waals surface area contributed by atoms with Crippen molar-refractivity contribution in [1.82, 2.24) is 9.88 Å². The molecular formula is C15H21N3O. The zero-order chi connectivity index (χ0) is 13.2. The van der Waals surface area contributed by atoms with Crippen LogP contribution in [-0.2, 0) is 0 Å². The summed E-state index contributed by atoms with van der Waals surface area (Å²) in [5.74, 6) is 1.92. The Labute approximate surface area is 114 Å². The van der Waals surface area contributed by atoms with Crippen LogP contribution in [0.5, 0.6) is 0 Å². The summed E-state index contributed by atoms with van der Waals surface area (Å²) < 4.78 is 0. The molecule has 1 saturated heterocycles. The fraction of sp³-hybridized carbons (Fsp3) is 0.600. The third kappa shape index (κ3) is 2.95. The van der Waals surface area contributed by atoms with E-state index < -0.39 is 0 Å². The summed E-state index contributed by atoms with van der Waals surface area (Å²) in [6.07, 6.45) is 4.60. The number of pyridine rings is 1. The van der Waals surface area contributed by atoms with E-state index in [9.17, 15) is 4.79 Å². The summed E-state index contributed by atoms with van der Waals surface area (Å²) >= 11 is 0. The van der Waals surface area contributed by atoms with Crippen molar-refractivity contribution in [2.24, 2.45) is 5.92 Å². The minimum atomic E-state index is 0.100. The van der Waals surface area contributed by atoms with Gasteiger partial charge in [0.05, 0.1) is 5.56 Å². The molecule has 0 bridgehead atoms. The number of carbonyl (C=O) groups excluding carboxylic acids is 1. The molecule has 0 atom stereocenters. The van der Waals surface area contributed by atoms with Crippen molar-refractivity contribution in [3.05, 3.63) is 23.9 Å². The van der Waals surface area contributed by atoms with E-state index in [2.05, 4.69) is 14.8 Å². The second kappa shape index (κ2) is 5.29. The van der Waals surface area contributed by atoms with Gasteiger partial charge in [0.25, 0.3) is 0 Å². The van der Waals surface area contributed by atoms with Crippen LogP contribution in [0.25, 0.3) is 0 Å². The first-order chi connectivity index (χ1) is 9.24. The maximum absolute atomic E-state index is 11.6. The highest BCUT2D eigenvalue weighted by atomic mass is 16.1. The van der Waals surface area contributed by atoms with Crippen molar-refractivity contribution in [2.45, 2.75) is 19.8 Å². The number of carbonyl (C=O) groups is 1. The standard InChI is InChI=1S/C15H21N3O/c1-12(19)14-3-2-6-16-15(14)18-9-7-17(8-10-18)11-13-4-5-13/h2-3,6,13H,4-5,7-11H2,1H3. The van der Waals surface area contributed by atoms with Gasteiger partial charge < -0.3 is 4.90 Å². The first kappa shape index (κ1) is 12.6. The van der Waals surface area contributed by atoms with E-state index in [0.717, 1.165) is 43.5 Å². The average Bonchev–Trinajstić information content (AvgIpc) is 3.23. The molecule has 4 heteroatoms. The Hall–Kier alpha value is -1.42. The van der Waals surface area contributed by atoms with Crippen molar-refractivity contribution < 1.29 is 4.79 Å². The highest BCUT2D eigenvalue weighted by molar-refractivity contribution is 5.98. The van der Waals surface area contributed by atoms with Crippen LogP contribution in [0.4, 0.5) is 5.82 Å².